The highest BCUT2D eigenvalue weighted by Gasteiger charge is 2.29. The maximum atomic E-state index is 12.2. The van der Waals surface area contributed by atoms with Crippen LogP contribution in [0.15, 0.2) is 30.4 Å². The monoisotopic (exact) mass is 383 g/mol. The second kappa shape index (κ2) is 9.60. The number of hydrogen-bond donors (Lipinski definition) is 1. The minimum atomic E-state index is -0.305. The minimum absolute atomic E-state index is 0.305. The molecule has 1 aromatic rings. The van der Waals surface area contributed by atoms with E-state index in [2.05, 4.69) is 36.3 Å². The molecule has 1 saturated heterocycles. The van der Waals surface area contributed by atoms with Gasteiger partial charge in [0.1, 0.15) is 0 Å². The van der Waals surface area contributed by atoms with Crippen molar-refractivity contribution in [2.24, 2.45) is 11.7 Å². The minimum Gasteiger partial charge on any atom is -0.368 e. The summed E-state index contributed by atoms with van der Waals surface area (Å²) in [6.07, 6.45) is 7.24. The SMILES string of the molecule is C=C(C)C1CCC(c2cccc(C(N)=O)c2N2CCN(CCCC)CC2)CC1. The molecule has 1 saturated carbocycles. The van der Waals surface area contributed by atoms with Gasteiger partial charge >= 0.3 is 0 Å². The van der Waals surface area contributed by atoms with Crippen LogP contribution in [0.3, 0.4) is 0 Å². The Morgan fingerprint density at radius 2 is 1.82 bits per heavy atom. The highest BCUT2D eigenvalue weighted by molar-refractivity contribution is 5.99. The van der Waals surface area contributed by atoms with Crippen molar-refractivity contribution < 1.29 is 4.79 Å². The smallest absolute Gasteiger partial charge is 0.250 e. The third kappa shape index (κ3) is 4.78. The third-order valence-corrected chi connectivity index (χ3v) is 6.71. The van der Waals surface area contributed by atoms with Crippen LogP contribution < -0.4 is 10.6 Å². The van der Waals surface area contributed by atoms with Gasteiger partial charge in [-0.15, -0.1) is 0 Å². The number of unbranched alkanes of at least 4 members (excludes halogenated alkanes) is 1. The van der Waals surface area contributed by atoms with E-state index in [9.17, 15) is 4.79 Å². The van der Waals surface area contributed by atoms with Crippen LogP contribution in [-0.2, 0) is 0 Å². The van der Waals surface area contributed by atoms with Gasteiger partial charge in [-0.05, 0) is 69.0 Å². The molecule has 1 amide bonds. The summed E-state index contributed by atoms with van der Waals surface area (Å²) in [6.45, 7) is 13.8. The molecule has 1 aliphatic heterocycles. The Balaban J connectivity index is 1.80. The largest absolute Gasteiger partial charge is 0.368 e. The molecule has 0 radical (unpaired) electrons. The average molecular weight is 384 g/mol. The summed E-state index contributed by atoms with van der Waals surface area (Å²) in [5.41, 5.74) is 10.2. The Morgan fingerprint density at radius 1 is 1.14 bits per heavy atom. The average Bonchev–Trinajstić information content (AvgIpc) is 2.72. The highest BCUT2D eigenvalue weighted by atomic mass is 16.1. The van der Waals surface area contributed by atoms with E-state index in [1.54, 1.807) is 0 Å². The van der Waals surface area contributed by atoms with Crippen LogP contribution in [0.1, 0.15) is 74.2 Å². The number of nitrogens with zero attached hydrogens (tertiary/aromatic N) is 2. The molecule has 0 unspecified atom stereocenters. The van der Waals surface area contributed by atoms with Gasteiger partial charge in [0, 0.05) is 26.2 Å². The number of hydrogen-bond acceptors (Lipinski definition) is 3. The van der Waals surface area contributed by atoms with Crippen molar-refractivity contribution in [1.82, 2.24) is 4.90 Å². The first-order valence-corrected chi connectivity index (χ1v) is 11.1. The molecular formula is C24H37N3O. The number of rotatable bonds is 7. The van der Waals surface area contributed by atoms with Crippen LogP contribution >= 0.6 is 0 Å². The normalized spacial score (nSPS) is 23.6. The molecule has 3 rings (SSSR count). The van der Waals surface area contributed by atoms with Crippen LogP contribution in [0.4, 0.5) is 5.69 Å². The predicted molar refractivity (Wildman–Crippen MR) is 118 cm³/mol. The summed E-state index contributed by atoms with van der Waals surface area (Å²) in [6, 6.07) is 6.16. The second-order valence-electron chi connectivity index (χ2n) is 8.68. The molecule has 1 aromatic carbocycles. The molecule has 0 bridgehead atoms. The molecule has 1 aliphatic carbocycles. The second-order valence-corrected chi connectivity index (χ2v) is 8.68. The zero-order valence-corrected chi connectivity index (χ0v) is 17.8. The number of amides is 1. The molecule has 28 heavy (non-hydrogen) atoms. The van der Waals surface area contributed by atoms with Crippen LogP contribution in [0, 0.1) is 5.92 Å². The van der Waals surface area contributed by atoms with Crippen molar-refractivity contribution in [1.29, 1.82) is 0 Å². The van der Waals surface area contributed by atoms with Gasteiger partial charge in [-0.1, -0.05) is 37.6 Å². The first kappa shape index (κ1) is 20.9. The Hall–Kier alpha value is -1.81. The van der Waals surface area contributed by atoms with Gasteiger partial charge in [0.2, 0.25) is 0 Å². The van der Waals surface area contributed by atoms with Crippen molar-refractivity contribution in [3.8, 4) is 0 Å². The number of carbonyl (C=O) groups excluding carboxylic acids is 1. The molecule has 2 aliphatic rings. The fourth-order valence-corrected chi connectivity index (χ4v) is 4.92. The van der Waals surface area contributed by atoms with Crippen molar-refractivity contribution in [2.75, 3.05) is 37.6 Å². The number of carbonyl (C=O) groups is 1. The standard InChI is InChI=1S/C24H37N3O/c1-4-5-13-26-14-16-27(17-15-26)23-21(7-6-8-22(23)24(25)28)20-11-9-19(10-12-20)18(2)3/h6-8,19-20H,2,4-5,9-17H2,1,3H3,(H2,25,28). The fraction of sp³-hybridized carbons (Fsp3) is 0.625. The van der Waals surface area contributed by atoms with Gasteiger partial charge in [0.25, 0.3) is 5.91 Å². The molecule has 2 N–H and O–H groups in total. The van der Waals surface area contributed by atoms with E-state index < -0.39 is 0 Å². The van der Waals surface area contributed by atoms with Crippen molar-refractivity contribution in [3.63, 3.8) is 0 Å². The van der Waals surface area contributed by atoms with Gasteiger partial charge in [-0.3, -0.25) is 9.69 Å². The zero-order valence-electron chi connectivity index (χ0n) is 17.8. The maximum absolute atomic E-state index is 12.2. The Morgan fingerprint density at radius 3 is 2.39 bits per heavy atom. The van der Waals surface area contributed by atoms with Crippen LogP contribution in [0.5, 0.6) is 0 Å². The lowest BCUT2D eigenvalue weighted by atomic mass is 9.75. The first-order valence-electron chi connectivity index (χ1n) is 11.1. The highest BCUT2D eigenvalue weighted by Crippen LogP contribution is 2.42. The number of nitrogens with two attached hydrogens (primary N) is 1. The van der Waals surface area contributed by atoms with Crippen molar-refractivity contribution in [2.45, 2.75) is 58.3 Å². The summed E-state index contributed by atoms with van der Waals surface area (Å²) in [5.74, 6) is 0.866. The van der Waals surface area contributed by atoms with Gasteiger partial charge in [0.15, 0.2) is 0 Å². The molecule has 2 fully saturated rings. The van der Waals surface area contributed by atoms with Gasteiger partial charge < -0.3 is 10.6 Å². The van der Waals surface area contributed by atoms with E-state index in [0.29, 0.717) is 17.4 Å². The van der Waals surface area contributed by atoms with E-state index in [0.717, 1.165) is 31.9 Å². The first-order chi connectivity index (χ1) is 13.5. The Labute approximate surface area is 170 Å². The number of primary amides is 1. The van der Waals surface area contributed by atoms with Gasteiger partial charge in [-0.2, -0.15) is 0 Å². The van der Waals surface area contributed by atoms with E-state index in [-0.39, 0.29) is 5.91 Å². The molecule has 4 heteroatoms. The number of piperazine rings is 1. The van der Waals surface area contributed by atoms with E-state index in [1.807, 2.05) is 12.1 Å². The molecule has 154 valence electrons. The van der Waals surface area contributed by atoms with Crippen LogP contribution in [0.2, 0.25) is 0 Å². The Bertz CT molecular complexity index is 683. The van der Waals surface area contributed by atoms with Gasteiger partial charge in [0.05, 0.1) is 11.3 Å². The number of benzene rings is 1. The van der Waals surface area contributed by atoms with Crippen molar-refractivity contribution in [3.05, 3.63) is 41.5 Å². The Kier molecular flexibility index (Phi) is 7.17. The van der Waals surface area contributed by atoms with Crippen molar-refractivity contribution >= 4 is 11.6 Å². The summed E-state index contributed by atoms with van der Waals surface area (Å²) in [7, 11) is 0. The summed E-state index contributed by atoms with van der Waals surface area (Å²) < 4.78 is 0. The summed E-state index contributed by atoms with van der Waals surface area (Å²) in [4.78, 5) is 17.2. The maximum Gasteiger partial charge on any atom is 0.250 e. The van der Waals surface area contributed by atoms with Gasteiger partial charge in [-0.25, -0.2) is 0 Å². The zero-order chi connectivity index (χ0) is 20.1. The molecule has 1 heterocycles. The number of anilines is 1. The lowest BCUT2D eigenvalue weighted by Crippen LogP contribution is -2.47. The third-order valence-electron chi connectivity index (χ3n) is 6.71. The fourth-order valence-electron chi connectivity index (χ4n) is 4.92. The number of allylic oxidation sites excluding steroid dienone is 1. The molecule has 4 nitrogen and oxygen atoms in total. The predicted octanol–water partition coefficient (Wildman–Crippen LogP) is 4.56. The van der Waals surface area contributed by atoms with E-state index in [4.69, 9.17) is 5.73 Å². The van der Waals surface area contributed by atoms with Crippen LogP contribution in [0.25, 0.3) is 0 Å². The lowest BCUT2D eigenvalue weighted by molar-refractivity contribution is 0.100. The van der Waals surface area contributed by atoms with E-state index in [1.165, 1.54) is 56.2 Å². The molecule has 0 atom stereocenters. The van der Waals surface area contributed by atoms with Crippen LogP contribution in [-0.4, -0.2) is 43.5 Å². The quantitative estimate of drug-likeness (QED) is 0.702. The number of para-hydroxylation sites is 1. The molecule has 0 aromatic heterocycles. The molecule has 0 spiro atoms. The topological polar surface area (TPSA) is 49.6 Å². The van der Waals surface area contributed by atoms with E-state index >= 15 is 0 Å². The summed E-state index contributed by atoms with van der Waals surface area (Å²) in [5, 5.41) is 0. The lowest BCUT2D eigenvalue weighted by Gasteiger charge is -2.39. The molecular weight excluding hydrogens is 346 g/mol. The summed E-state index contributed by atoms with van der Waals surface area (Å²) >= 11 is 0.